The zero-order valence-corrected chi connectivity index (χ0v) is 11.7. The first-order valence-corrected chi connectivity index (χ1v) is 7.65. The monoisotopic (exact) mass is 271 g/mol. The van der Waals surface area contributed by atoms with Crippen LogP contribution in [0.5, 0.6) is 0 Å². The molecule has 1 fully saturated rings. The van der Waals surface area contributed by atoms with E-state index in [4.69, 9.17) is 15.0 Å². The highest BCUT2D eigenvalue weighted by Crippen LogP contribution is 2.32. The van der Waals surface area contributed by atoms with E-state index < -0.39 is 0 Å². The molecule has 5 nitrogen and oxygen atoms in total. The van der Waals surface area contributed by atoms with E-state index in [-0.39, 0.29) is 5.41 Å². The number of hydrogen-bond donors (Lipinski definition) is 1. The Balaban J connectivity index is 2.02. The number of hydrogen-bond acceptors (Lipinski definition) is 6. The molecule has 1 saturated heterocycles. The van der Waals surface area contributed by atoms with Gasteiger partial charge in [-0.1, -0.05) is 12.1 Å². The minimum absolute atomic E-state index is 0.168. The van der Waals surface area contributed by atoms with Crippen LogP contribution in [-0.4, -0.2) is 35.7 Å². The Hall–Kier alpha value is -0.590. The van der Waals surface area contributed by atoms with Crippen LogP contribution in [0.2, 0.25) is 0 Å². The van der Waals surface area contributed by atoms with Gasteiger partial charge in [-0.2, -0.15) is 16.7 Å². The summed E-state index contributed by atoms with van der Waals surface area (Å²) in [6.45, 7) is 4.15. The van der Waals surface area contributed by atoms with Crippen molar-refractivity contribution < 1.29 is 9.26 Å². The van der Waals surface area contributed by atoms with Crippen LogP contribution in [-0.2, 0) is 15.9 Å². The van der Waals surface area contributed by atoms with E-state index in [0.717, 1.165) is 43.4 Å². The Morgan fingerprint density at radius 1 is 1.39 bits per heavy atom. The molecular weight excluding hydrogens is 250 g/mol. The van der Waals surface area contributed by atoms with E-state index in [9.17, 15) is 0 Å². The molecule has 0 aromatic carbocycles. The highest BCUT2D eigenvalue weighted by Gasteiger charge is 2.38. The minimum Gasteiger partial charge on any atom is -0.381 e. The van der Waals surface area contributed by atoms with E-state index in [0.29, 0.717) is 12.4 Å². The molecule has 1 aromatic rings. The van der Waals surface area contributed by atoms with Gasteiger partial charge in [0, 0.05) is 19.8 Å². The number of nitrogens with zero attached hydrogens (tertiary/aromatic N) is 2. The largest absolute Gasteiger partial charge is 0.381 e. The number of aromatic nitrogens is 2. The Kier molecular flexibility index (Phi) is 5.03. The van der Waals surface area contributed by atoms with Crippen LogP contribution < -0.4 is 5.73 Å². The van der Waals surface area contributed by atoms with E-state index in [1.807, 2.05) is 11.8 Å². The summed E-state index contributed by atoms with van der Waals surface area (Å²) in [7, 11) is 0. The van der Waals surface area contributed by atoms with Crippen LogP contribution >= 0.6 is 11.8 Å². The SMILES string of the molecule is CCCSCc1noc(C2(CN)CCOCC2)n1. The van der Waals surface area contributed by atoms with Gasteiger partial charge in [-0.05, 0) is 25.0 Å². The lowest BCUT2D eigenvalue weighted by atomic mass is 9.80. The predicted octanol–water partition coefficient (Wildman–Crippen LogP) is 1.72. The summed E-state index contributed by atoms with van der Waals surface area (Å²) >= 11 is 1.83. The van der Waals surface area contributed by atoms with Crippen LogP contribution in [0, 0.1) is 0 Å². The fourth-order valence-corrected chi connectivity index (χ4v) is 2.84. The summed E-state index contributed by atoms with van der Waals surface area (Å²) in [4.78, 5) is 4.51. The van der Waals surface area contributed by atoms with Gasteiger partial charge in [0.05, 0.1) is 11.2 Å². The van der Waals surface area contributed by atoms with Gasteiger partial charge in [0.2, 0.25) is 5.89 Å². The van der Waals surface area contributed by atoms with Gasteiger partial charge in [-0.3, -0.25) is 0 Å². The molecule has 0 atom stereocenters. The van der Waals surface area contributed by atoms with Crippen molar-refractivity contribution in [1.29, 1.82) is 0 Å². The molecule has 0 aliphatic carbocycles. The summed E-state index contributed by atoms with van der Waals surface area (Å²) in [6.07, 6.45) is 2.90. The first kappa shape index (κ1) is 13.8. The van der Waals surface area contributed by atoms with Gasteiger partial charge in [-0.15, -0.1) is 0 Å². The molecule has 6 heteroatoms. The van der Waals surface area contributed by atoms with Crippen molar-refractivity contribution in [3.63, 3.8) is 0 Å². The lowest BCUT2D eigenvalue weighted by Gasteiger charge is -2.32. The maximum absolute atomic E-state index is 5.91. The van der Waals surface area contributed by atoms with Crippen LogP contribution in [0.4, 0.5) is 0 Å². The third kappa shape index (κ3) is 3.05. The molecular formula is C12H21N3O2S. The molecule has 2 heterocycles. The lowest BCUT2D eigenvalue weighted by molar-refractivity contribution is 0.0409. The highest BCUT2D eigenvalue weighted by molar-refractivity contribution is 7.98. The third-order valence-electron chi connectivity index (χ3n) is 3.34. The van der Waals surface area contributed by atoms with Crippen molar-refractivity contribution in [3.8, 4) is 0 Å². The number of thioether (sulfide) groups is 1. The van der Waals surface area contributed by atoms with Gasteiger partial charge < -0.3 is 15.0 Å². The van der Waals surface area contributed by atoms with Gasteiger partial charge in [0.25, 0.3) is 0 Å². The molecule has 2 rings (SSSR count). The zero-order chi connectivity index (χ0) is 12.8. The molecule has 102 valence electrons. The number of nitrogens with two attached hydrogens (primary N) is 1. The van der Waals surface area contributed by atoms with Crippen molar-refractivity contribution in [3.05, 3.63) is 11.7 Å². The molecule has 1 aromatic heterocycles. The topological polar surface area (TPSA) is 74.2 Å². The molecule has 0 spiro atoms. The van der Waals surface area contributed by atoms with Gasteiger partial charge in [-0.25, -0.2) is 0 Å². The summed E-state index contributed by atoms with van der Waals surface area (Å²) in [5.74, 6) is 3.41. The standard InChI is InChI=1S/C12H21N3O2S/c1-2-7-18-8-10-14-11(17-15-10)12(9-13)3-5-16-6-4-12/h2-9,13H2,1H3. The van der Waals surface area contributed by atoms with E-state index >= 15 is 0 Å². The highest BCUT2D eigenvalue weighted by atomic mass is 32.2. The third-order valence-corrected chi connectivity index (χ3v) is 4.50. The lowest BCUT2D eigenvalue weighted by Crippen LogP contribution is -2.40. The second-order valence-electron chi connectivity index (χ2n) is 4.67. The summed E-state index contributed by atoms with van der Waals surface area (Å²) in [6, 6.07) is 0. The summed E-state index contributed by atoms with van der Waals surface area (Å²) in [5, 5.41) is 4.05. The van der Waals surface area contributed by atoms with E-state index in [1.54, 1.807) is 0 Å². The normalized spacial score (nSPS) is 19.0. The van der Waals surface area contributed by atoms with Crippen molar-refractivity contribution in [2.24, 2.45) is 5.73 Å². The average Bonchev–Trinajstić information content (AvgIpc) is 2.89. The second kappa shape index (κ2) is 6.54. The predicted molar refractivity (Wildman–Crippen MR) is 71.5 cm³/mol. The molecule has 0 radical (unpaired) electrons. The van der Waals surface area contributed by atoms with Crippen LogP contribution in [0.1, 0.15) is 37.9 Å². The molecule has 0 bridgehead atoms. The van der Waals surface area contributed by atoms with E-state index in [1.165, 1.54) is 6.42 Å². The van der Waals surface area contributed by atoms with Gasteiger partial charge in [0.15, 0.2) is 5.82 Å². The Morgan fingerprint density at radius 3 is 2.83 bits per heavy atom. The van der Waals surface area contributed by atoms with Crippen molar-refractivity contribution in [1.82, 2.24) is 10.1 Å². The minimum atomic E-state index is -0.168. The van der Waals surface area contributed by atoms with Gasteiger partial charge in [0.1, 0.15) is 0 Å². The summed E-state index contributed by atoms with van der Waals surface area (Å²) in [5.41, 5.74) is 5.74. The maximum Gasteiger partial charge on any atom is 0.234 e. The van der Waals surface area contributed by atoms with Gasteiger partial charge >= 0.3 is 0 Å². The second-order valence-corrected chi connectivity index (χ2v) is 5.77. The summed E-state index contributed by atoms with van der Waals surface area (Å²) < 4.78 is 10.8. The average molecular weight is 271 g/mol. The fourth-order valence-electron chi connectivity index (χ4n) is 2.10. The molecule has 18 heavy (non-hydrogen) atoms. The Labute approximate surface area is 112 Å². The fraction of sp³-hybridized carbons (Fsp3) is 0.833. The van der Waals surface area contributed by atoms with E-state index in [2.05, 4.69) is 17.1 Å². The van der Waals surface area contributed by atoms with Crippen molar-refractivity contribution >= 4 is 11.8 Å². The molecule has 1 aliphatic rings. The maximum atomic E-state index is 5.91. The van der Waals surface area contributed by atoms with Crippen LogP contribution in [0.15, 0.2) is 4.52 Å². The van der Waals surface area contributed by atoms with Crippen LogP contribution in [0.3, 0.4) is 0 Å². The van der Waals surface area contributed by atoms with Crippen LogP contribution in [0.25, 0.3) is 0 Å². The Bertz CT molecular complexity index is 364. The Morgan fingerprint density at radius 2 is 2.17 bits per heavy atom. The van der Waals surface area contributed by atoms with Crippen molar-refractivity contribution in [2.75, 3.05) is 25.5 Å². The molecule has 1 aliphatic heterocycles. The quantitative estimate of drug-likeness (QED) is 0.794. The smallest absolute Gasteiger partial charge is 0.234 e. The zero-order valence-electron chi connectivity index (χ0n) is 10.9. The number of ether oxygens (including phenoxy) is 1. The number of rotatable bonds is 6. The molecule has 0 unspecified atom stereocenters. The first-order chi connectivity index (χ1) is 8.80. The van der Waals surface area contributed by atoms with Crippen molar-refractivity contribution in [2.45, 2.75) is 37.4 Å². The molecule has 0 amide bonds. The molecule has 2 N–H and O–H groups in total. The molecule has 0 saturated carbocycles. The first-order valence-electron chi connectivity index (χ1n) is 6.49.